The summed E-state index contributed by atoms with van der Waals surface area (Å²) < 4.78 is 34.9. The van der Waals surface area contributed by atoms with Crippen LogP contribution in [0.4, 0.5) is 8.78 Å². The summed E-state index contributed by atoms with van der Waals surface area (Å²) in [7, 11) is 0. The molecule has 4 heterocycles. The highest BCUT2D eigenvalue weighted by Gasteiger charge is 2.39. The van der Waals surface area contributed by atoms with Gasteiger partial charge in [-0.1, -0.05) is 0 Å². The van der Waals surface area contributed by atoms with E-state index in [1.807, 2.05) is 6.07 Å². The molecule has 8 heteroatoms. The average molecular weight is 437 g/mol. The third-order valence-electron chi connectivity index (χ3n) is 6.84. The molecule has 32 heavy (non-hydrogen) atoms. The van der Waals surface area contributed by atoms with Gasteiger partial charge in [-0.05, 0) is 43.7 Å². The number of ether oxygens (including phenoxy) is 1. The summed E-state index contributed by atoms with van der Waals surface area (Å²) >= 11 is 0. The minimum Gasteiger partial charge on any atom is -0.492 e. The molecular formula is C24H21F2N3O3. The summed E-state index contributed by atoms with van der Waals surface area (Å²) in [4.78, 5) is 24.8. The van der Waals surface area contributed by atoms with E-state index in [-0.39, 0.29) is 22.8 Å². The predicted molar refractivity (Wildman–Crippen MR) is 113 cm³/mol. The maximum atomic E-state index is 13.1. The van der Waals surface area contributed by atoms with E-state index in [2.05, 4.69) is 9.67 Å². The number of carbonyl (C=O) groups is 1. The fraction of sp³-hybridized carbons (Fsp3) is 0.375. The van der Waals surface area contributed by atoms with Crippen molar-refractivity contribution in [1.29, 1.82) is 0 Å². The Hall–Kier alpha value is -3.29. The first-order valence-electron chi connectivity index (χ1n) is 10.8. The number of hydrogen-bond acceptors (Lipinski definition) is 4. The van der Waals surface area contributed by atoms with Crippen molar-refractivity contribution in [3.05, 3.63) is 57.6 Å². The van der Waals surface area contributed by atoms with Crippen LogP contribution >= 0.6 is 0 Å². The summed E-state index contributed by atoms with van der Waals surface area (Å²) in [6.07, 6.45) is 8.17. The summed E-state index contributed by atoms with van der Waals surface area (Å²) in [5, 5.41) is 3.79. The second kappa shape index (κ2) is 6.85. The van der Waals surface area contributed by atoms with Crippen LogP contribution in [0.25, 0.3) is 22.4 Å². The number of nitrogens with zero attached hydrogens (tertiary/aromatic N) is 3. The lowest BCUT2D eigenvalue weighted by Crippen LogP contribution is -2.26. The van der Waals surface area contributed by atoms with Gasteiger partial charge in [-0.2, -0.15) is 13.9 Å². The van der Waals surface area contributed by atoms with Crippen molar-refractivity contribution < 1.29 is 18.3 Å². The van der Waals surface area contributed by atoms with E-state index < -0.39 is 6.55 Å². The molecule has 0 radical (unpaired) electrons. The van der Waals surface area contributed by atoms with Crippen molar-refractivity contribution in [2.24, 2.45) is 5.92 Å². The first kappa shape index (κ1) is 19.4. The van der Waals surface area contributed by atoms with Gasteiger partial charge in [-0.3, -0.25) is 9.59 Å². The standard InChI is InChI=1S/C24H21F2N3O3/c1-12(30)18-11-28-19(13-2-3-13)7-14-6-17(15-9-27-29(10-15)24(25)26)23-16(4-5-32-23)22(14)20(28)8-21(18)31/h6,8-11,13,19,24H,2-5,7H2,1H3. The smallest absolute Gasteiger partial charge is 0.333 e. The zero-order chi connectivity index (χ0) is 22.1. The van der Waals surface area contributed by atoms with Gasteiger partial charge < -0.3 is 9.30 Å². The van der Waals surface area contributed by atoms with Crippen molar-refractivity contribution in [3.8, 4) is 28.1 Å². The lowest BCUT2D eigenvalue weighted by Gasteiger charge is -2.32. The average Bonchev–Trinajstić information content (AvgIpc) is 3.27. The van der Waals surface area contributed by atoms with E-state index >= 15 is 0 Å². The number of benzene rings is 1. The SMILES string of the molecule is CC(=O)c1cn2c(cc1=O)-c1c(cc(-c3cnn(C(F)F)c3)c3c1CCO3)CC2C1CC1. The van der Waals surface area contributed by atoms with Crippen molar-refractivity contribution in [2.75, 3.05) is 6.61 Å². The predicted octanol–water partition coefficient (Wildman–Crippen LogP) is 4.42. The van der Waals surface area contributed by atoms with Crippen molar-refractivity contribution in [3.63, 3.8) is 0 Å². The molecule has 0 amide bonds. The van der Waals surface area contributed by atoms with Crippen molar-refractivity contribution >= 4 is 5.78 Å². The van der Waals surface area contributed by atoms with E-state index in [0.717, 1.165) is 47.2 Å². The van der Waals surface area contributed by atoms with Gasteiger partial charge in [0.05, 0.1) is 24.1 Å². The number of Topliss-reactive ketones (excluding diaryl/α,β-unsaturated/α-hetero) is 1. The molecule has 1 atom stereocenters. The summed E-state index contributed by atoms with van der Waals surface area (Å²) in [6.45, 7) is -0.795. The first-order valence-corrected chi connectivity index (χ1v) is 10.8. The molecule has 6 rings (SSSR count). The van der Waals surface area contributed by atoms with Gasteiger partial charge in [0, 0.05) is 53.2 Å². The van der Waals surface area contributed by atoms with E-state index in [1.54, 1.807) is 12.3 Å². The number of pyridine rings is 1. The molecule has 0 saturated heterocycles. The molecule has 1 fully saturated rings. The fourth-order valence-electron chi connectivity index (χ4n) is 5.21. The van der Waals surface area contributed by atoms with Gasteiger partial charge >= 0.3 is 6.55 Å². The number of fused-ring (bicyclic) bond motifs is 5. The van der Waals surface area contributed by atoms with Crippen LogP contribution in [-0.2, 0) is 12.8 Å². The molecular weight excluding hydrogens is 416 g/mol. The third-order valence-corrected chi connectivity index (χ3v) is 6.84. The number of carbonyl (C=O) groups excluding carboxylic acids is 1. The van der Waals surface area contributed by atoms with Gasteiger partial charge in [-0.15, -0.1) is 0 Å². The topological polar surface area (TPSA) is 66.1 Å². The van der Waals surface area contributed by atoms with Gasteiger partial charge in [-0.25, -0.2) is 4.68 Å². The lowest BCUT2D eigenvalue weighted by molar-refractivity contribution is 0.0566. The number of hydrogen-bond donors (Lipinski definition) is 0. The third kappa shape index (κ3) is 2.85. The molecule has 6 nitrogen and oxygen atoms in total. The van der Waals surface area contributed by atoms with Gasteiger partial charge in [0.1, 0.15) is 5.75 Å². The number of aromatic nitrogens is 3. The van der Waals surface area contributed by atoms with Crippen molar-refractivity contribution in [2.45, 2.75) is 45.2 Å². The highest BCUT2D eigenvalue weighted by Crippen LogP contribution is 2.51. The summed E-state index contributed by atoms with van der Waals surface area (Å²) in [5.41, 5.74) is 5.15. The number of alkyl halides is 2. The molecule has 3 aromatic rings. The molecule has 164 valence electrons. The molecule has 1 aromatic carbocycles. The molecule has 1 saturated carbocycles. The molecule has 2 aromatic heterocycles. The number of halogens is 2. The molecule has 1 unspecified atom stereocenters. The van der Waals surface area contributed by atoms with Crippen LogP contribution < -0.4 is 10.2 Å². The first-order chi connectivity index (χ1) is 15.4. The second-order valence-electron chi connectivity index (χ2n) is 8.86. The molecule has 3 aliphatic rings. The van der Waals surface area contributed by atoms with E-state index in [4.69, 9.17) is 4.74 Å². The molecule has 0 bridgehead atoms. The Morgan fingerprint density at radius 1 is 1.25 bits per heavy atom. The van der Waals surface area contributed by atoms with Crippen LogP contribution in [0.3, 0.4) is 0 Å². The zero-order valence-electron chi connectivity index (χ0n) is 17.5. The zero-order valence-corrected chi connectivity index (χ0v) is 17.5. The maximum Gasteiger partial charge on any atom is 0.333 e. The summed E-state index contributed by atoms with van der Waals surface area (Å²) in [5.74, 6) is 0.932. The minimum absolute atomic E-state index is 0.160. The van der Waals surface area contributed by atoms with Crippen LogP contribution in [0.15, 0.2) is 35.5 Å². The normalized spacial score (nSPS) is 18.8. The van der Waals surface area contributed by atoms with Crippen LogP contribution in [0.1, 0.15) is 53.8 Å². The van der Waals surface area contributed by atoms with Gasteiger partial charge in [0.15, 0.2) is 11.2 Å². The lowest BCUT2D eigenvalue weighted by atomic mass is 9.84. The molecule has 0 N–H and O–H groups in total. The Bertz CT molecular complexity index is 1340. The van der Waals surface area contributed by atoms with Crippen molar-refractivity contribution in [1.82, 2.24) is 14.3 Å². The monoisotopic (exact) mass is 437 g/mol. The molecule has 1 aliphatic carbocycles. The number of ketones is 1. The second-order valence-corrected chi connectivity index (χ2v) is 8.86. The van der Waals surface area contributed by atoms with E-state index in [9.17, 15) is 18.4 Å². The van der Waals surface area contributed by atoms with Crippen LogP contribution in [0.5, 0.6) is 5.75 Å². The van der Waals surface area contributed by atoms with Crippen LogP contribution in [0, 0.1) is 5.92 Å². The quantitative estimate of drug-likeness (QED) is 0.567. The maximum absolute atomic E-state index is 13.1. The Morgan fingerprint density at radius 3 is 2.75 bits per heavy atom. The molecule has 0 spiro atoms. The van der Waals surface area contributed by atoms with Crippen LogP contribution in [-0.4, -0.2) is 26.7 Å². The Balaban J connectivity index is 1.59. The largest absolute Gasteiger partial charge is 0.492 e. The highest BCUT2D eigenvalue weighted by molar-refractivity contribution is 5.94. The van der Waals surface area contributed by atoms with E-state index in [1.165, 1.54) is 19.3 Å². The molecule has 2 aliphatic heterocycles. The highest BCUT2D eigenvalue weighted by atomic mass is 19.3. The Labute approximate surface area is 182 Å². The Morgan fingerprint density at radius 2 is 2.06 bits per heavy atom. The Kier molecular flexibility index (Phi) is 4.15. The summed E-state index contributed by atoms with van der Waals surface area (Å²) in [6, 6.07) is 3.75. The van der Waals surface area contributed by atoms with Gasteiger partial charge in [0.2, 0.25) is 0 Å². The van der Waals surface area contributed by atoms with Crippen LogP contribution in [0.2, 0.25) is 0 Å². The minimum atomic E-state index is -2.70. The van der Waals surface area contributed by atoms with Gasteiger partial charge in [0.25, 0.3) is 0 Å². The van der Waals surface area contributed by atoms with E-state index in [0.29, 0.717) is 34.9 Å². The fourth-order valence-corrected chi connectivity index (χ4v) is 5.21. The number of rotatable bonds is 4.